The van der Waals surface area contributed by atoms with Gasteiger partial charge in [-0.3, -0.25) is 4.79 Å². The third kappa shape index (κ3) is 3.24. The van der Waals surface area contributed by atoms with Gasteiger partial charge in [0, 0.05) is 13.7 Å². The molecule has 0 fully saturated rings. The van der Waals surface area contributed by atoms with Gasteiger partial charge in [0.1, 0.15) is 5.75 Å². The molecule has 0 aromatic heterocycles. The van der Waals surface area contributed by atoms with E-state index in [-0.39, 0.29) is 5.91 Å². The molecule has 88 valence electrons. The van der Waals surface area contributed by atoms with E-state index in [2.05, 4.69) is 5.32 Å². The molecule has 4 heteroatoms. The number of hydrogen-bond acceptors (Lipinski definition) is 3. The summed E-state index contributed by atoms with van der Waals surface area (Å²) in [6, 6.07) is 5.48. The summed E-state index contributed by atoms with van der Waals surface area (Å²) in [5, 5.41) is 2.75. The van der Waals surface area contributed by atoms with Crippen LogP contribution in [-0.4, -0.2) is 33.3 Å². The van der Waals surface area contributed by atoms with Crippen molar-refractivity contribution in [3.8, 4) is 5.75 Å². The standard InChI is InChI=1S/C12H17NO3/c1-9-4-5-10(11(8-9)16-3)12(14)13-6-7-15-2/h4-5,8H,6-7H2,1-3H3,(H,13,14). The van der Waals surface area contributed by atoms with Crippen LogP contribution in [0.1, 0.15) is 15.9 Å². The maximum atomic E-state index is 11.8. The molecule has 1 amide bonds. The Bertz CT molecular complexity index is 363. The highest BCUT2D eigenvalue weighted by atomic mass is 16.5. The fraction of sp³-hybridized carbons (Fsp3) is 0.417. The average Bonchev–Trinajstić information content (AvgIpc) is 2.29. The van der Waals surface area contributed by atoms with Crippen LogP contribution in [0.2, 0.25) is 0 Å². The first-order chi connectivity index (χ1) is 7.69. The van der Waals surface area contributed by atoms with Crippen LogP contribution in [0.15, 0.2) is 18.2 Å². The number of aryl methyl sites for hydroxylation is 1. The fourth-order valence-electron chi connectivity index (χ4n) is 1.35. The molecule has 4 nitrogen and oxygen atoms in total. The van der Waals surface area contributed by atoms with Crippen molar-refractivity contribution in [2.24, 2.45) is 0 Å². The van der Waals surface area contributed by atoms with Gasteiger partial charge in [-0.05, 0) is 24.6 Å². The van der Waals surface area contributed by atoms with E-state index in [9.17, 15) is 4.79 Å². The number of amides is 1. The van der Waals surface area contributed by atoms with Gasteiger partial charge in [-0.25, -0.2) is 0 Å². The van der Waals surface area contributed by atoms with Crippen LogP contribution in [0.25, 0.3) is 0 Å². The Hall–Kier alpha value is -1.55. The molecule has 1 rings (SSSR count). The van der Waals surface area contributed by atoms with E-state index >= 15 is 0 Å². The normalized spacial score (nSPS) is 9.94. The number of carbonyl (C=O) groups is 1. The van der Waals surface area contributed by atoms with Crippen LogP contribution in [0.4, 0.5) is 0 Å². The fourth-order valence-corrected chi connectivity index (χ4v) is 1.35. The summed E-state index contributed by atoms with van der Waals surface area (Å²) in [6.45, 7) is 2.95. The lowest BCUT2D eigenvalue weighted by molar-refractivity contribution is 0.0934. The molecule has 0 saturated carbocycles. The SMILES string of the molecule is COCCNC(=O)c1ccc(C)cc1OC. The number of nitrogens with one attached hydrogen (secondary N) is 1. The molecule has 0 bridgehead atoms. The Labute approximate surface area is 95.6 Å². The second-order valence-electron chi connectivity index (χ2n) is 3.45. The molecular formula is C12H17NO3. The summed E-state index contributed by atoms with van der Waals surface area (Å²) < 4.78 is 10.0. The average molecular weight is 223 g/mol. The molecule has 0 atom stereocenters. The zero-order valence-electron chi connectivity index (χ0n) is 9.87. The van der Waals surface area contributed by atoms with Gasteiger partial charge >= 0.3 is 0 Å². The van der Waals surface area contributed by atoms with E-state index < -0.39 is 0 Å². The maximum Gasteiger partial charge on any atom is 0.255 e. The lowest BCUT2D eigenvalue weighted by Gasteiger charge is -2.09. The first kappa shape index (κ1) is 12.5. The molecule has 1 aromatic carbocycles. The van der Waals surface area contributed by atoms with Crippen LogP contribution in [-0.2, 0) is 4.74 Å². The van der Waals surface area contributed by atoms with Crippen molar-refractivity contribution < 1.29 is 14.3 Å². The predicted molar refractivity (Wildman–Crippen MR) is 61.9 cm³/mol. The molecule has 0 radical (unpaired) electrons. The van der Waals surface area contributed by atoms with Crippen molar-refractivity contribution in [1.29, 1.82) is 0 Å². The minimum atomic E-state index is -0.145. The van der Waals surface area contributed by atoms with Gasteiger partial charge in [0.25, 0.3) is 5.91 Å². The first-order valence-electron chi connectivity index (χ1n) is 5.11. The van der Waals surface area contributed by atoms with Crippen LogP contribution in [0, 0.1) is 6.92 Å². The van der Waals surface area contributed by atoms with Gasteiger partial charge in [0.2, 0.25) is 0 Å². The molecule has 0 unspecified atom stereocenters. The Morgan fingerprint density at radius 2 is 2.12 bits per heavy atom. The quantitative estimate of drug-likeness (QED) is 0.767. The van der Waals surface area contributed by atoms with Gasteiger partial charge < -0.3 is 14.8 Å². The highest BCUT2D eigenvalue weighted by Crippen LogP contribution is 2.19. The van der Waals surface area contributed by atoms with Crippen molar-refractivity contribution in [3.63, 3.8) is 0 Å². The van der Waals surface area contributed by atoms with Crippen LogP contribution < -0.4 is 10.1 Å². The van der Waals surface area contributed by atoms with Crippen molar-refractivity contribution in [3.05, 3.63) is 29.3 Å². The predicted octanol–water partition coefficient (Wildman–Crippen LogP) is 1.38. The Balaban J connectivity index is 2.74. The smallest absolute Gasteiger partial charge is 0.255 e. The molecule has 0 heterocycles. The lowest BCUT2D eigenvalue weighted by Crippen LogP contribution is -2.27. The summed E-state index contributed by atoms with van der Waals surface area (Å²) in [5.74, 6) is 0.448. The number of ether oxygens (including phenoxy) is 2. The number of carbonyl (C=O) groups excluding carboxylic acids is 1. The summed E-state index contributed by atoms with van der Waals surface area (Å²) in [6.07, 6.45) is 0. The molecule has 0 aliphatic rings. The zero-order valence-corrected chi connectivity index (χ0v) is 9.87. The molecular weight excluding hydrogens is 206 g/mol. The van der Waals surface area contributed by atoms with Crippen molar-refractivity contribution in [1.82, 2.24) is 5.32 Å². The van der Waals surface area contributed by atoms with Crippen molar-refractivity contribution in [2.45, 2.75) is 6.92 Å². The second-order valence-corrected chi connectivity index (χ2v) is 3.45. The van der Waals surface area contributed by atoms with Gasteiger partial charge in [-0.15, -0.1) is 0 Å². The summed E-state index contributed by atoms with van der Waals surface area (Å²) >= 11 is 0. The zero-order chi connectivity index (χ0) is 12.0. The van der Waals surface area contributed by atoms with Gasteiger partial charge in [0.05, 0.1) is 19.3 Å². The lowest BCUT2D eigenvalue weighted by atomic mass is 10.1. The second kappa shape index (κ2) is 6.12. The molecule has 0 aliphatic heterocycles. The van der Waals surface area contributed by atoms with Crippen LogP contribution >= 0.6 is 0 Å². The monoisotopic (exact) mass is 223 g/mol. The van der Waals surface area contributed by atoms with Gasteiger partial charge in [-0.1, -0.05) is 6.07 Å². The summed E-state index contributed by atoms with van der Waals surface area (Å²) in [5.41, 5.74) is 1.61. The first-order valence-corrected chi connectivity index (χ1v) is 5.11. The van der Waals surface area contributed by atoms with Crippen molar-refractivity contribution in [2.75, 3.05) is 27.4 Å². The van der Waals surface area contributed by atoms with Crippen LogP contribution in [0.5, 0.6) is 5.75 Å². The van der Waals surface area contributed by atoms with E-state index in [1.165, 1.54) is 0 Å². The highest BCUT2D eigenvalue weighted by Gasteiger charge is 2.11. The molecule has 0 aliphatic carbocycles. The Morgan fingerprint density at radius 3 is 2.75 bits per heavy atom. The third-order valence-electron chi connectivity index (χ3n) is 2.19. The number of benzene rings is 1. The largest absolute Gasteiger partial charge is 0.496 e. The van der Waals surface area contributed by atoms with E-state index in [0.29, 0.717) is 24.5 Å². The minimum Gasteiger partial charge on any atom is -0.496 e. The maximum absolute atomic E-state index is 11.8. The van der Waals surface area contributed by atoms with E-state index in [0.717, 1.165) is 5.56 Å². The molecule has 0 saturated heterocycles. The Morgan fingerprint density at radius 1 is 1.38 bits per heavy atom. The van der Waals surface area contributed by atoms with E-state index in [4.69, 9.17) is 9.47 Å². The number of methoxy groups -OCH3 is 2. The molecule has 16 heavy (non-hydrogen) atoms. The minimum absolute atomic E-state index is 0.145. The van der Waals surface area contributed by atoms with E-state index in [1.54, 1.807) is 20.3 Å². The topological polar surface area (TPSA) is 47.6 Å². The Kier molecular flexibility index (Phi) is 4.79. The number of hydrogen-bond donors (Lipinski definition) is 1. The van der Waals surface area contributed by atoms with Crippen molar-refractivity contribution >= 4 is 5.91 Å². The van der Waals surface area contributed by atoms with Crippen LogP contribution in [0.3, 0.4) is 0 Å². The number of rotatable bonds is 5. The highest BCUT2D eigenvalue weighted by molar-refractivity contribution is 5.97. The van der Waals surface area contributed by atoms with E-state index in [1.807, 2.05) is 19.1 Å². The molecule has 1 N–H and O–H groups in total. The molecule has 0 spiro atoms. The van der Waals surface area contributed by atoms with Gasteiger partial charge in [0.15, 0.2) is 0 Å². The summed E-state index contributed by atoms with van der Waals surface area (Å²) in [4.78, 5) is 11.8. The molecule has 1 aromatic rings. The summed E-state index contributed by atoms with van der Waals surface area (Å²) in [7, 11) is 3.15. The van der Waals surface area contributed by atoms with Gasteiger partial charge in [-0.2, -0.15) is 0 Å². The third-order valence-corrected chi connectivity index (χ3v) is 2.19.